The molecule has 1 aliphatic rings. The van der Waals surface area contributed by atoms with Gasteiger partial charge in [0.05, 0.1) is 12.7 Å². The highest BCUT2D eigenvalue weighted by molar-refractivity contribution is 9.09. The first-order valence-corrected chi connectivity index (χ1v) is 8.16. The van der Waals surface area contributed by atoms with E-state index in [1.807, 2.05) is 11.3 Å². The van der Waals surface area contributed by atoms with Crippen LogP contribution in [0.15, 0.2) is 12.1 Å². The molecule has 0 bridgehead atoms. The van der Waals surface area contributed by atoms with Gasteiger partial charge in [0.15, 0.2) is 0 Å². The van der Waals surface area contributed by atoms with Crippen LogP contribution in [0, 0.1) is 0 Å². The number of morpholine rings is 1. The van der Waals surface area contributed by atoms with E-state index in [4.69, 9.17) is 4.74 Å². The van der Waals surface area contributed by atoms with Gasteiger partial charge in [0.2, 0.25) is 0 Å². The Labute approximate surface area is 116 Å². The van der Waals surface area contributed by atoms with Crippen molar-refractivity contribution >= 4 is 27.3 Å². The van der Waals surface area contributed by atoms with Crippen molar-refractivity contribution < 1.29 is 4.74 Å². The molecule has 0 radical (unpaired) electrons. The summed E-state index contributed by atoms with van der Waals surface area (Å²) in [7, 11) is 0. The van der Waals surface area contributed by atoms with Crippen molar-refractivity contribution in [1.29, 1.82) is 0 Å². The van der Waals surface area contributed by atoms with Crippen LogP contribution in [0.3, 0.4) is 0 Å². The van der Waals surface area contributed by atoms with Gasteiger partial charge in [-0.3, -0.25) is 4.90 Å². The summed E-state index contributed by atoms with van der Waals surface area (Å²) in [6.07, 6.45) is 1.49. The van der Waals surface area contributed by atoms with E-state index in [0.717, 1.165) is 31.4 Å². The Morgan fingerprint density at radius 3 is 2.88 bits per heavy atom. The highest BCUT2D eigenvalue weighted by Crippen LogP contribution is 2.22. The number of aryl methyl sites for hydroxylation is 1. The first-order valence-electron chi connectivity index (χ1n) is 6.22. The summed E-state index contributed by atoms with van der Waals surface area (Å²) in [6.45, 7) is 7.42. The van der Waals surface area contributed by atoms with Crippen molar-refractivity contribution in [3.63, 3.8) is 0 Å². The van der Waals surface area contributed by atoms with Crippen molar-refractivity contribution in [3.05, 3.63) is 21.9 Å². The zero-order valence-electron chi connectivity index (χ0n) is 10.5. The maximum atomic E-state index is 5.75. The van der Waals surface area contributed by atoms with Crippen molar-refractivity contribution in [2.45, 2.75) is 39.0 Å². The molecule has 4 heteroatoms. The largest absolute Gasteiger partial charge is 0.374 e. The van der Waals surface area contributed by atoms with Crippen LogP contribution in [-0.2, 0) is 17.7 Å². The van der Waals surface area contributed by atoms with Gasteiger partial charge in [-0.15, -0.1) is 11.3 Å². The van der Waals surface area contributed by atoms with Gasteiger partial charge < -0.3 is 4.74 Å². The molecule has 0 saturated carbocycles. The lowest BCUT2D eigenvalue weighted by molar-refractivity contribution is -0.0496. The molecule has 0 N–H and O–H groups in total. The lowest BCUT2D eigenvalue weighted by Crippen LogP contribution is -2.48. The molecule has 1 fully saturated rings. The third-order valence-electron chi connectivity index (χ3n) is 3.23. The summed E-state index contributed by atoms with van der Waals surface area (Å²) in [5.74, 6) is 0. The number of thiophene rings is 1. The Kier molecular flexibility index (Phi) is 5.03. The van der Waals surface area contributed by atoms with Gasteiger partial charge in [-0.1, -0.05) is 22.9 Å². The van der Waals surface area contributed by atoms with Crippen molar-refractivity contribution in [3.8, 4) is 0 Å². The predicted molar refractivity (Wildman–Crippen MR) is 77.1 cm³/mol. The molecule has 0 aromatic carbocycles. The molecule has 17 heavy (non-hydrogen) atoms. The van der Waals surface area contributed by atoms with Crippen LogP contribution in [0.1, 0.15) is 23.6 Å². The van der Waals surface area contributed by atoms with Gasteiger partial charge in [0.25, 0.3) is 0 Å². The van der Waals surface area contributed by atoms with E-state index in [1.165, 1.54) is 9.75 Å². The molecule has 96 valence electrons. The average Bonchev–Trinajstić information content (AvgIpc) is 2.80. The molecule has 2 rings (SSSR count). The average molecular weight is 318 g/mol. The molecule has 2 nitrogen and oxygen atoms in total. The topological polar surface area (TPSA) is 12.5 Å². The molecule has 0 spiro atoms. The summed E-state index contributed by atoms with van der Waals surface area (Å²) in [5, 5.41) is 0.931. The summed E-state index contributed by atoms with van der Waals surface area (Å²) in [6, 6.07) is 5.06. The van der Waals surface area contributed by atoms with E-state index in [0.29, 0.717) is 12.1 Å². The first-order chi connectivity index (χ1) is 8.22. The van der Waals surface area contributed by atoms with Gasteiger partial charge in [-0.25, -0.2) is 0 Å². The molecule has 2 heterocycles. The van der Waals surface area contributed by atoms with Crippen molar-refractivity contribution in [2.24, 2.45) is 0 Å². The van der Waals surface area contributed by atoms with Gasteiger partial charge in [-0.05, 0) is 25.5 Å². The number of hydrogen-bond acceptors (Lipinski definition) is 3. The van der Waals surface area contributed by atoms with Crippen LogP contribution < -0.4 is 0 Å². The summed E-state index contributed by atoms with van der Waals surface area (Å²) in [5.41, 5.74) is 0. The second-order valence-electron chi connectivity index (χ2n) is 4.61. The molecule has 2 unspecified atom stereocenters. The highest BCUT2D eigenvalue weighted by Gasteiger charge is 2.25. The minimum Gasteiger partial charge on any atom is -0.374 e. The minimum atomic E-state index is 0.344. The van der Waals surface area contributed by atoms with E-state index in [1.54, 1.807) is 0 Å². The second kappa shape index (κ2) is 6.32. The Morgan fingerprint density at radius 2 is 2.24 bits per heavy atom. The van der Waals surface area contributed by atoms with Crippen LogP contribution in [-0.4, -0.2) is 35.5 Å². The standard InChI is InChI=1S/C13H20BrNOS/c1-3-12-4-5-13(17-12)8-15-7-11(6-14)16-9-10(15)2/h4-5,10-11H,3,6-9H2,1-2H3. The van der Waals surface area contributed by atoms with Crippen LogP contribution in [0.4, 0.5) is 0 Å². The monoisotopic (exact) mass is 317 g/mol. The lowest BCUT2D eigenvalue weighted by Gasteiger charge is -2.37. The molecule has 1 aromatic rings. The third-order valence-corrected chi connectivity index (χ3v) is 5.17. The maximum Gasteiger partial charge on any atom is 0.0799 e. The second-order valence-corrected chi connectivity index (χ2v) is 6.51. The molecular weight excluding hydrogens is 298 g/mol. The summed E-state index contributed by atoms with van der Waals surface area (Å²) >= 11 is 5.45. The summed E-state index contributed by atoms with van der Waals surface area (Å²) in [4.78, 5) is 5.49. The highest BCUT2D eigenvalue weighted by atomic mass is 79.9. The first kappa shape index (κ1) is 13.5. The fourth-order valence-corrected chi connectivity index (χ4v) is 3.46. The van der Waals surface area contributed by atoms with Crippen LogP contribution in [0.25, 0.3) is 0 Å². The number of nitrogens with zero attached hydrogens (tertiary/aromatic N) is 1. The number of ether oxygens (including phenoxy) is 1. The Balaban J connectivity index is 1.96. The Morgan fingerprint density at radius 1 is 1.47 bits per heavy atom. The maximum absolute atomic E-state index is 5.75. The molecule has 0 aliphatic carbocycles. The van der Waals surface area contributed by atoms with Gasteiger partial charge >= 0.3 is 0 Å². The molecule has 0 amide bonds. The number of rotatable bonds is 4. The van der Waals surface area contributed by atoms with Crippen LogP contribution in [0.2, 0.25) is 0 Å². The summed E-state index contributed by atoms with van der Waals surface area (Å²) < 4.78 is 5.75. The zero-order valence-corrected chi connectivity index (χ0v) is 12.9. The van der Waals surface area contributed by atoms with Gasteiger partial charge in [-0.2, -0.15) is 0 Å². The van der Waals surface area contributed by atoms with Crippen LogP contribution in [0.5, 0.6) is 0 Å². The van der Waals surface area contributed by atoms with E-state index < -0.39 is 0 Å². The van der Waals surface area contributed by atoms with E-state index in [-0.39, 0.29) is 0 Å². The molecule has 2 atom stereocenters. The smallest absolute Gasteiger partial charge is 0.0799 e. The lowest BCUT2D eigenvalue weighted by atomic mass is 10.2. The number of hydrogen-bond donors (Lipinski definition) is 0. The predicted octanol–water partition coefficient (Wildman–Crippen LogP) is 3.29. The molecular formula is C13H20BrNOS. The zero-order chi connectivity index (χ0) is 12.3. The van der Waals surface area contributed by atoms with E-state index in [2.05, 4.69) is 46.8 Å². The third kappa shape index (κ3) is 3.53. The number of alkyl halides is 1. The van der Waals surface area contributed by atoms with E-state index in [9.17, 15) is 0 Å². The molecule has 1 saturated heterocycles. The Hall–Kier alpha value is 0.1000. The van der Waals surface area contributed by atoms with Crippen LogP contribution >= 0.6 is 27.3 Å². The SMILES string of the molecule is CCc1ccc(CN2CC(CBr)OCC2C)s1. The minimum absolute atomic E-state index is 0.344. The van der Waals surface area contributed by atoms with Gasteiger partial charge in [0, 0.05) is 34.2 Å². The molecule has 1 aromatic heterocycles. The fraction of sp³-hybridized carbons (Fsp3) is 0.692. The quantitative estimate of drug-likeness (QED) is 0.790. The fourth-order valence-electron chi connectivity index (χ4n) is 2.09. The molecule has 1 aliphatic heterocycles. The van der Waals surface area contributed by atoms with E-state index >= 15 is 0 Å². The number of halogens is 1. The normalized spacial score (nSPS) is 26.3. The van der Waals surface area contributed by atoms with Crippen molar-refractivity contribution in [1.82, 2.24) is 4.90 Å². The Bertz CT molecular complexity index is 355. The van der Waals surface area contributed by atoms with Crippen molar-refractivity contribution in [2.75, 3.05) is 18.5 Å². The van der Waals surface area contributed by atoms with Gasteiger partial charge in [0.1, 0.15) is 0 Å².